The minimum absolute atomic E-state index is 0.0532. The molecule has 0 aliphatic carbocycles. The number of sulfonamides is 1. The number of rotatable bonds is 6. The maximum Gasteiger partial charge on any atom is 0.340 e. The van der Waals surface area contributed by atoms with Gasteiger partial charge >= 0.3 is 5.97 Å². The molecule has 0 amide bonds. The summed E-state index contributed by atoms with van der Waals surface area (Å²) in [5.74, 6) is -0.353. The Bertz CT molecular complexity index is 537. The lowest BCUT2D eigenvalue weighted by atomic mass is 10.2. The third kappa shape index (κ3) is 4.90. The topological polar surface area (TPSA) is 72.5 Å². The normalized spacial score (nSPS) is 11.4. The summed E-state index contributed by atoms with van der Waals surface area (Å²) < 4.78 is 30.6. The Morgan fingerprint density at radius 1 is 1.32 bits per heavy atom. The van der Waals surface area contributed by atoms with Gasteiger partial charge < -0.3 is 4.74 Å². The number of carbonyl (C=O) groups is 1. The quantitative estimate of drug-likeness (QED) is 0.814. The summed E-state index contributed by atoms with van der Waals surface area (Å²) in [4.78, 5) is 11.9. The Kier molecular flexibility index (Phi) is 5.35. The molecule has 0 saturated carbocycles. The van der Waals surface area contributed by atoms with Gasteiger partial charge in [-0.3, -0.25) is 4.72 Å². The zero-order chi connectivity index (χ0) is 14.5. The highest BCUT2D eigenvalue weighted by Crippen LogP contribution is 2.18. The number of benzene rings is 1. The Hall–Kier alpha value is -1.56. The fraction of sp³-hybridized carbons (Fsp3) is 0.462. The first-order chi connectivity index (χ1) is 8.85. The van der Waals surface area contributed by atoms with Gasteiger partial charge in [-0.05, 0) is 25.0 Å². The van der Waals surface area contributed by atoms with E-state index in [2.05, 4.69) is 4.72 Å². The first-order valence-corrected chi connectivity index (χ1v) is 7.77. The molecule has 6 heteroatoms. The average molecular weight is 285 g/mol. The zero-order valence-electron chi connectivity index (χ0n) is 11.3. The average Bonchev–Trinajstić information content (AvgIpc) is 2.36. The highest BCUT2D eigenvalue weighted by molar-refractivity contribution is 7.92. The van der Waals surface area contributed by atoms with Gasteiger partial charge in [0, 0.05) is 0 Å². The minimum Gasteiger partial charge on any atom is -0.462 e. The fourth-order valence-corrected chi connectivity index (χ4v) is 1.97. The van der Waals surface area contributed by atoms with E-state index in [0.717, 1.165) is 0 Å². The lowest BCUT2D eigenvalue weighted by Gasteiger charge is -2.12. The van der Waals surface area contributed by atoms with E-state index < -0.39 is 16.0 Å². The summed E-state index contributed by atoms with van der Waals surface area (Å²) in [6.07, 6.45) is 0. The summed E-state index contributed by atoms with van der Waals surface area (Å²) in [7, 11) is -3.42. The van der Waals surface area contributed by atoms with Gasteiger partial charge in [0.1, 0.15) is 0 Å². The van der Waals surface area contributed by atoms with Gasteiger partial charge in [0.2, 0.25) is 10.0 Å². The van der Waals surface area contributed by atoms with Crippen LogP contribution in [0.3, 0.4) is 0 Å². The lowest BCUT2D eigenvalue weighted by Crippen LogP contribution is -2.18. The van der Waals surface area contributed by atoms with Crippen LogP contribution < -0.4 is 4.72 Å². The monoisotopic (exact) mass is 285 g/mol. The molecule has 0 atom stereocenters. The van der Waals surface area contributed by atoms with Crippen LogP contribution in [-0.4, -0.2) is 26.7 Å². The van der Waals surface area contributed by atoms with Crippen LogP contribution in [-0.2, 0) is 14.8 Å². The first kappa shape index (κ1) is 15.5. The number of nitrogens with one attached hydrogen (secondary N) is 1. The molecule has 1 aromatic carbocycles. The molecule has 1 aromatic rings. The van der Waals surface area contributed by atoms with E-state index in [1.165, 1.54) is 13.0 Å². The number of carbonyl (C=O) groups excluding carboxylic acids is 1. The highest BCUT2D eigenvalue weighted by atomic mass is 32.2. The molecule has 1 rings (SSSR count). The van der Waals surface area contributed by atoms with Crippen molar-refractivity contribution in [3.8, 4) is 0 Å². The summed E-state index contributed by atoms with van der Waals surface area (Å²) >= 11 is 0. The maximum atomic E-state index is 11.9. The molecule has 106 valence electrons. The Morgan fingerprint density at radius 2 is 1.95 bits per heavy atom. The van der Waals surface area contributed by atoms with Crippen molar-refractivity contribution in [2.24, 2.45) is 5.92 Å². The predicted octanol–water partition coefficient (Wildman–Crippen LogP) is 2.26. The number of hydrogen-bond acceptors (Lipinski definition) is 4. The van der Waals surface area contributed by atoms with E-state index in [0.29, 0.717) is 6.61 Å². The first-order valence-electron chi connectivity index (χ1n) is 6.12. The van der Waals surface area contributed by atoms with Crippen molar-refractivity contribution >= 4 is 21.7 Å². The minimum atomic E-state index is -3.42. The number of anilines is 1. The van der Waals surface area contributed by atoms with E-state index >= 15 is 0 Å². The van der Waals surface area contributed by atoms with E-state index in [1.54, 1.807) is 18.2 Å². The van der Waals surface area contributed by atoms with Gasteiger partial charge in [0.05, 0.1) is 23.6 Å². The smallest absolute Gasteiger partial charge is 0.340 e. The van der Waals surface area contributed by atoms with Crippen LogP contribution in [0, 0.1) is 5.92 Å². The molecule has 0 aliphatic rings. The van der Waals surface area contributed by atoms with E-state index in [1.807, 2.05) is 13.8 Å². The molecular weight excluding hydrogens is 266 g/mol. The predicted molar refractivity (Wildman–Crippen MR) is 74.6 cm³/mol. The Morgan fingerprint density at radius 3 is 2.53 bits per heavy atom. The van der Waals surface area contributed by atoms with Crippen molar-refractivity contribution in [1.82, 2.24) is 0 Å². The second kappa shape index (κ2) is 6.56. The molecule has 0 heterocycles. The van der Waals surface area contributed by atoms with Gasteiger partial charge in [-0.25, -0.2) is 13.2 Å². The fourth-order valence-electron chi connectivity index (χ4n) is 1.31. The summed E-state index contributed by atoms with van der Waals surface area (Å²) in [6, 6.07) is 6.40. The second-order valence-corrected chi connectivity index (χ2v) is 6.55. The number of esters is 1. The second-order valence-electron chi connectivity index (χ2n) is 4.54. The van der Waals surface area contributed by atoms with Gasteiger partial charge in [0.15, 0.2) is 0 Å². The van der Waals surface area contributed by atoms with Gasteiger partial charge in [-0.2, -0.15) is 0 Å². The van der Waals surface area contributed by atoms with Crippen LogP contribution >= 0.6 is 0 Å². The Labute approximate surface area is 114 Å². The largest absolute Gasteiger partial charge is 0.462 e. The molecule has 5 nitrogen and oxygen atoms in total. The molecule has 0 aromatic heterocycles. The maximum absolute atomic E-state index is 11.9. The van der Waals surface area contributed by atoms with Crippen LogP contribution in [0.15, 0.2) is 24.3 Å². The molecule has 0 spiro atoms. The van der Waals surface area contributed by atoms with Gasteiger partial charge in [0.25, 0.3) is 0 Å². The van der Waals surface area contributed by atoms with Crippen molar-refractivity contribution < 1.29 is 17.9 Å². The van der Waals surface area contributed by atoms with Crippen LogP contribution in [0.25, 0.3) is 0 Å². The molecule has 0 fully saturated rings. The highest BCUT2D eigenvalue weighted by Gasteiger charge is 2.16. The third-order valence-electron chi connectivity index (χ3n) is 2.34. The van der Waals surface area contributed by atoms with E-state index in [-0.39, 0.29) is 22.9 Å². The van der Waals surface area contributed by atoms with Crippen LogP contribution in [0.5, 0.6) is 0 Å². The standard InChI is InChI=1S/C13H19NO4S/c1-4-19(16,17)14-12-8-6-5-7-11(12)13(15)18-9-10(2)3/h5-8,10,14H,4,9H2,1-3H3. The van der Waals surface area contributed by atoms with Gasteiger partial charge in [-0.1, -0.05) is 26.0 Å². The van der Waals surface area contributed by atoms with Crippen molar-refractivity contribution in [3.05, 3.63) is 29.8 Å². The molecule has 1 N–H and O–H groups in total. The number of ether oxygens (including phenoxy) is 1. The summed E-state index contributed by atoms with van der Waals surface area (Å²) in [5.41, 5.74) is 0.471. The molecular formula is C13H19NO4S. The number of para-hydroxylation sites is 1. The molecule has 0 saturated heterocycles. The summed E-state index contributed by atoms with van der Waals surface area (Å²) in [5, 5.41) is 0. The molecule has 0 unspecified atom stereocenters. The molecule has 0 bridgehead atoms. The zero-order valence-corrected chi connectivity index (χ0v) is 12.2. The van der Waals surface area contributed by atoms with Gasteiger partial charge in [-0.15, -0.1) is 0 Å². The van der Waals surface area contributed by atoms with Crippen molar-refractivity contribution in [2.75, 3.05) is 17.1 Å². The van der Waals surface area contributed by atoms with E-state index in [9.17, 15) is 13.2 Å². The van der Waals surface area contributed by atoms with E-state index in [4.69, 9.17) is 4.74 Å². The van der Waals surface area contributed by atoms with Crippen LogP contribution in [0.1, 0.15) is 31.1 Å². The SMILES string of the molecule is CCS(=O)(=O)Nc1ccccc1C(=O)OCC(C)C. The molecule has 19 heavy (non-hydrogen) atoms. The van der Waals surface area contributed by atoms with Crippen molar-refractivity contribution in [1.29, 1.82) is 0 Å². The number of hydrogen-bond donors (Lipinski definition) is 1. The lowest BCUT2D eigenvalue weighted by molar-refractivity contribution is 0.0460. The third-order valence-corrected chi connectivity index (χ3v) is 3.63. The van der Waals surface area contributed by atoms with Crippen molar-refractivity contribution in [3.63, 3.8) is 0 Å². The molecule has 0 radical (unpaired) electrons. The Balaban J connectivity index is 2.93. The molecule has 0 aliphatic heterocycles. The van der Waals surface area contributed by atoms with Crippen LogP contribution in [0.2, 0.25) is 0 Å². The summed E-state index contributed by atoms with van der Waals surface area (Å²) in [6.45, 7) is 5.69. The van der Waals surface area contributed by atoms with Crippen molar-refractivity contribution in [2.45, 2.75) is 20.8 Å². The van der Waals surface area contributed by atoms with Crippen LogP contribution in [0.4, 0.5) is 5.69 Å².